The lowest BCUT2D eigenvalue weighted by Crippen LogP contribution is -2.21. The van der Waals surface area contributed by atoms with Crippen molar-refractivity contribution in [1.82, 2.24) is 0 Å². The van der Waals surface area contributed by atoms with Gasteiger partial charge in [-0.1, -0.05) is 17.7 Å². The van der Waals surface area contributed by atoms with Gasteiger partial charge in [0.05, 0.1) is 22.2 Å². The van der Waals surface area contributed by atoms with Crippen molar-refractivity contribution < 1.29 is 23.8 Å². The fraction of sp³-hybridized carbons (Fsp3) is 0.118. The molecule has 7 nitrogen and oxygen atoms in total. The van der Waals surface area contributed by atoms with E-state index < -0.39 is 18.5 Å². The number of esters is 1. The molecule has 0 saturated carbocycles. The molecule has 0 atom stereocenters. The highest BCUT2D eigenvalue weighted by atomic mass is 35.5. The van der Waals surface area contributed by atoms with E-state index in [1.165, 1.54) is 18.2 Å². The molecule has 0 unspecified atom stereocenters. The van der Waals surface area contributed by atoms with Gasteiger partial charge in [-0.05, 0) is 30.3 Å². The van der Waals surface area contributed by atoms with Gasteiger partial charge >= 0.3 is 5.97 Å². The second-order valence-corrected chi connectivity index (χ2v) is 5.42. The molecule has 0 radical (unpaired) electrons. The Hall–Kier alpha value is -3.24. The summed E-state index contributed by atoms with van der Waals surface area (Å²) < 4.78 is 15.3. The van der Waals surface area contributed by atoms with E-state index in [4.69, 9.17) is 31.1 Å². The number of carbonyl (C=O) groups is 2. The van der Waals surface area contributed by atoms with Gasteiger partial charge < -0.3 is 19.5 Å². The predicted molar refractivity (Wildman–Crippen MR) is 87.6 cm³/mol. The third-order valence-electron chi connectivity index (χ3n) is 3.27. The van der Waals surface area contributed by atoms with E-state index in [9.17, 15) is 9.59 Å². The van der Waals surface area contributed by atoms with Crippen LogP contribution in [-0.2, 0) is 9.53 Å². The Morgan fingerprint density at radius 3 is 2.92 bits per heavy atom. The van der Waals surface area contributed by atoms with E-state index in [0.717, 1.165) is 0 Å². The number of hydrogen-bond acceptors (Lipinski definition) is 6. The fourth-order valence-corrected chi connectivity index (χ4v) is 2.43. The largest absolute Gasteiger partial charge is 0.454 e. The lowest BCUT2D eigenvalue weighted by molar-refractivity contribution is -0.119. The van der Waals surface area contributed by atoms with Crippen molar-refractivity contribution in [3.05, 3.63) is 52.5 Å². The van der Waals surface area contributed by atoms with Crippen LogP contribution >= 0.6 is 11.6 Å². The molecule has 2 aromatic rings. The molecule has 0 fully saturated rings. The normalized spacial score (nSPS) is 11.5. The number of halogens is 1. The van der Waals surface area contributed by atoms with Crippen LogP contribution in [0.2, 0.25) is 5.02 Å². The van der Waals surface area contributed by atoms with Crippen LogP contribution in [0.4, 0.5) is 5.69 Å². The molecule has 1 heterocycles. The van der Waals surface area contributed by atoms with Crippen molar-refractivity contribution in [2.24, 2.45) is 0 Å². The average Bonchev–Trinajstić information content (AvgIpc) is 3.09. The molecule has 2 aromatic carbocycles. The molecule has 8 heteroatoms. The zero-order chi connectivity index (χ0) is 17.8. The Labute approximate surface area is 147 Å². The van der Waals surface area contributed by atoms with E-state index >= 15 is 0 Å². The first kappa shape index (κ1) is 16.6. The Balaban J connectivity index is 1.60. The highest BCUT2D eigenvalue weighted by molar-refractivity contribution is 6.32. The summed E-state index contributed by atoms with van der Waals surface area (Å²) in [5, 5.41) is 11.6. The second kappa shape index (κ2) is 7.11. The summed E-state index contributed by atoms with van der Waals surface area (Å²) in [5.74, 6) is -0.540. The van der Waals surface area contributed by atoms with Crippen molar-refractivity contribution >= 4 is 29.2 Å². The summed E-state index contributed by atoms with van der Waals surface area (Å²) in [5.41, 5.74) is 0.990. The molecule has 0 spiro atoms. The van der Waals surface area contributed by atoms with Crippen LogP contribution in [0.3, 0.4) is 0 Å². The first-order valence-electron chi connectivity index (χ1n) is 7.13. The van der Waals surface area contributed by atoms with E-state index in [2.05, 4.69) is 5.32 Å². The van der Waals surface area contributed by atoms with Crippen molar-refractivity contribution in [3.63, 3.8) is 0 Å². The molecule has 3 rings (SSSR count). The SMILES string of the molecule is N#Cc1cccc(NC(=O)COC(=O)c2cc(Cl)c3c(c2)OCO3)c1. The summed E-state index contributed by atoms with van der Waals surface area (Å²) in [4.78, 5) is 23.9. The summed E-state index contributed by atoms with van der Waals surface area (Å²) in [6, 6.07) is 11.2. The number of rotatable bonds is 4. The third kappa shape index (κ3) is 3.82. The number of anilines is 1. The predicted octanol–water partition coefficient (Wildman–Crippen LogP) is 2.74. The van der Waals surface area contributed by atoms with Crippen LogP contribution in [0, 0.1) is 11.3 Å². The van der Waals surface area contributed by atoms with Crippen molar-refractivity contribution in [1.29, 1.82) is 5.26 Å². The maximum atomic E-state index is 12.1. The summed E-state index contributed by atoms with van der Waals surface area (Å²) in [7, 11) is 0. The van der Waals surface area contributed by atoms with Gasteiger partial charge in [0.25, 0.3) is 5.91 Å². The van der Waals surface area contributed by atoms with Crippen molar-refractivity contribution in [2.75, 3.05) is 18.7 Å². The third-order valence-corrected chi connectivity index (χ3v) is 3.55. The summed E-state index contributed by atoms with van der Waals surface area (Å²) in [6.07, 6.45) is 0. The van der Waals surface area contributed by atoms with Gasteiger partial charge in [0.15, 0.2) is 18.1 Å². The number of fused-ring (bicyclic) bond motifs is 1. The first-order valence-corrected chi connectivity index (χ1v) is 7.51. The number of ether oxygens (including phenoxy) is 3. The summed E-state index contributed by atoms with van der Waals surface area (Å²) in [6.45, 7) is -0.459. The smallest absolute Gasteiger partial charge is 0.338 e. The number of benzene rings is 2. The highest BCUT2D eigenvalue weighted by Crippen LogP contribution is 2.39. The van der Waals surface area contributed by atoms with Crippen LogP contribution in [0.5, 0.6) is 11.5 Å². The lowest BCUT2D eigenvalue weighted by Gasteiger charge is -2.08. The number of nitrogens with one attached hydrogen (secondary N) is 1. The van der Waals surface area contributed by atoms with E-state index in [-0.39, 0.29) is 17.4 Å². The number of hydrogen-bond donors (Lipinski definition) is 1. The number of nitrogens with zero attached hydrogens (tertiary/aromatic N) is 1. The van der Waals surface area contributed by atoms with Crippen LogP contribution in [0.25, 0.3) is 0 Å². The number of nitriles is 1. The molecule has 1 amide bonds. The molecular formula is C17H11ClN2O5. The van der Waals surface area contributed by atoms with Crippen LogP contribution in [-0.4, -0.2) is 25.3 Å². The Bertz CT molecular complexity index is 891. The molecule has 1 N–H and O–H groups in total. The van der Waals surface area contributed by atoms with Crippen LogP contribution < -0.4 is 14.8 Å². The minimum absolute atomic E-state index is 0.0255. The van der Waals surface area contributed by atoms with E-state index in [1.54, 1.807) is 18.2 Å². The highest BCUT2D eigenvalue weighted by Gasteiger charge is 2.21. The van der Waals surface area contributed by atoms with Gasteiger partial charge in [-0.2, -0.15) is 5.26 Å². The van der Waals surface area contributed by atoms with Gasteiger partial charge in [-0.3, -0.25) is 4.79 Å². The second-order valence-electron chi connectivity index (χ2n) is 5.01. The minimum atomic E-state index is -0.721. The van der Waals surface area contributed by atoms with Crippen LogP contribution in [0.1, 0.15) is 15.9 Å². The fourth-order valence-electron chi connectivity index (χ4n) is 2.16. The molecule has 0 aliphatic carbocycles. The van der Waals surface area contributed by atoms with Crippen LogP contribution in [0.15, 0.2) is 36.4 Å². The molecular weight excluding hydrogens is 348 g/mol. The molecule has 1 aliphatic rings. The van der Waals surface area contributed by atoms with Gasteiger partial charge in [0.2, 0.25) is 6.79 Å². The zero-order valence-electron chi connectivity index (χ0n) is 12.7. The molecule has 1 aliphatic heterocycles. The van der Waals surface area contributed by atoms with Gasteiger partial charge in [-0.25, -0.2) is 4.79 Å². The Morgan fingerprint density at radius 2 is 2.12 bits per heavy atom. The summed E-state index contributed by atoms with van der Waals surface area (Å²) >= 11 is 6.00. The molecule has 25 heavy (non-hydrogen) atoms. The maximum Gasteiger partial charge on any atom is 0.338 e. The van der Waals surface area contributed by atoms with Crippen molar-refractivity contribution in [3.8, 4) is 17.6 Å². The molecule has 0 bridgehead atoms. The Morgan fingerprint density at radius 1 is 1.28 bits per heavy atom. The van der Waals surface area contributed by atoms with Gasteiger partial charge in [0.1, 0.15) is 0 Å². The monoisotopic (exact) mass is 358 g/mol. The number of carbonyl (C=O) groups excluding carboxylic acids is 2. The molecule has 0 saturated heterocycles. The number of amides is 1. The quantitative estimate of drug-likeness (QED) is 0.844. The minimum Gasteiger partial charge on any atom is -0.454 e. The van der Waals surface area contributed by atoms with E-state index in [0.29, 0.717) is 22.7 Å². The van der Waals surface area contributed by atoms with Crippen molar-refractivity contribution in [2.45, 2.75) is 0 Å². The van der Waals surface area contributed by atoms with Gasteiger partial charge in [0, 0.05) is 5.69 Å². The van der Waals surface area contributed by atoms with E-state index in [1.807, 2.05) is 6.07 Å². The Kier molecular flexibility index (Phi) is 4.73. The maximum absolute atomic E-state index is 12.1. The lowest BCUT2D eigenvalue weighted by atomic mass is 10.2. The molecule has 0 aromatic heterocycles. The van der Waals surface area contributed by atoms with Gasteiger partial charge in [-0.15, -0.1) is 0 Å². The topological polar surface area (TPSA) is 97.7 Å². The molecule has 126 valence electrons. The average molecular weight is 359 g/mol. The zero-order valence-corrected chi connectivity index (χ0v) is 13.5. The standard InChI is InChI=1S/C17H11ClN2O5/c18-13-5-11(6-14-16(13)25-9-24-14)17(22)23-8-15(21)20-12-3-1-2-10(4-12)7-19/h1-6H,8-9H2,(H,20,21). The first-order chi connectivity index (χ1) is 12.1.